The first-order valence-electron chi connectivity index (χ1n) is 5.89. The van der Waals surface area contributed by atoms with Gasteiger partial charge in [-0.3, -0.25) is 0 Å². The summed E-state index contributed by atoms with van der Waals surface area (Å²) in [6.45, 7) is 10.6. The van der Waals surface area contributed by atoms with Crippen molar-refractivity contribution in [3.05, 3.63) is 0 Å². The van der Waals surface area contributed by atoms with Gasteiger partial charge < -0.3 is 10.2 Å². The summed E-state index contributed by atoms with van der Waals surface area (Å²) >= 11 is 0. The first-order chi connectivity index (χ1) is 6.47. The summed E-state index contributed by atoms with van der Waals surface area (Å²) in [4.78, 5) is 2.43. The number of hydrogen-bond donors (Lipinski definition) is 1. The standard InChI is InChI=1S/C12H26N2/c1-12(2,3)7-8-13-11-6-5-9-14(4)10-11/h11,13H,5-10H2,1-4H3. The lowest BCUT2D eigenvalue weighted by atomic mass is 9.92. The molecule has 1 atom stereocenters. The topological polar surface area (TPSA) is 15.3 Å². The van der Waals surface area contributed by atoms with Crippen LogP contribution in [0.4, 0.5) is 0 Å². The smallest absolute Gasteiger partial charge is 0.0195 e. The Morgan fingerprint density at radius 2 is 2.07 bits per heavy atom. The van der Waals surface area contributed by atoms with Gasteiger partial charge in [-0.15, -0.1) is 0 Å². The second kappa shape index (κ2) is 5.13. The highest BCUT2D eigenvalue weighted by molar-refractivity contribution is 4.77. The molecule has 0 amide bonds. The minimum absolute atomic E-state index is 0.466. The van der Waals surface area contributed by atoms with E-state index >= 15 is 0 Å². The molecule has 84 valence electrons. The van der Waals surface area contributed by atoms with Crippen molar-refractivity contribution < 1.29 is 0 Å². The predicted molar refractivity (Wildman–Crippen MR) is 62.6 cm³/mol. The molecule has 1 N–H and O–H groups in total. The maximum Gasteiger partial charge on any atom is 0.0195 e. The zero-order chi connectivity index (χ0) is 10.6. The average Bonchev–Trinajstić information content (AvgIpc) is 2.01. The van der Waals surface area contributed by atoms with Gasteiger partial charge in [0.15, 0.2) is 0 Å². The lowest BCUT2D eigenvalue weighted by molar-refractivity contribution is 0.221. The molecule has 1 unspecified atom stereocenters. The summed E-state index contributed by atoms with van der Waals surface area (Å²) in [7, 11) is 2.22. The van der Waals surface area contributed by atoms with Crippen LogP contribution in [0.1, 0.15) is 40.0 Å². The third kappa shape index (κ3) is 4.97. The van der Waals surface area contributed by atoms with Crippen LogP contribution in [0.5, 0.6) is 0 Å². The monoisotopic (exact) mass is 198 g/mol. The molecular weight excluding hydrogens is 172 g/mol. The first kappa shape index (κ1) is 12.0. The van der Waals surface area contributed by atoms with Gasteiger partial charge in [-0.1, -0.05) is 20.8 Å². The van der Waals surface area contributed by atoms with Crippen molar-refractivity contribution in [1.82, 2.24) is 10.2 Å². The molecule has 0 radical (unpaired) electrons. The van der Waals surface area contributed by atoms with Crippen LogP contribution in [0.2, 0.25) is 0 Å². The number of piperidine rings is 1. The summed E-state index contributed by atoms with van der Waals surface area (Å²) in [6, 6.07) is 0.732. The van der Waals surface area contributed by atoms with Crippen molar-refractivity contribution in [1.29, 1.82) is 0 Å². The Hall–Kier alpha value is -0.0800. The number of rotatable bonds is 3. The molecule has 1 fully saturated rings. The number of likely N-dealkylation sites (N-methyl/N-ethyl adjacent to an activating group) is 1. The third-order valence-electron chi connectivity index (χ3n) is 2.93. The number of nitrogens with one attached hydrogen (secondary N) is 1. The summed E-state index contributed by atoms with van der Waals surface area (Å²) in [5, 5.41) is 3.67. The van der Waals surface area contributed by atoms with Crippen molar-refractivity contribution in [2.24, 2.45) is 5.41 Å². The van der Waals surface area contributed by atoms with Gasteiger partial charge >= 0.3 is 0 Å². The van der Waals surface area contributed by atoms with Crippen LogP contribution in [0.15, 0.2) is 0 Å². The minimum Gasteiger partial charge on any atom is -0.313 e. The van der Waals surface area contributed by atoms with E-state index in [4.69, 9.17) is 0 Å². The average molecular weight is 198 g/mol. The molecule has 14 heavy (non-hydrogen) atoms. The van der Waals surface area contributed by atoms with Gasteiger partial charge in [-0.25, -0.2) is 0 Å². The zero-order valence-electron chi connectivity index (χ0n) is 10.3. The summed E-state index contributed by atoms with van der Waals surface area (Å²) in [5.74, 6) is 0. The Labute approximate surface area is 89.1 Å². The van der Waals surface area contributed by atoms with Gasteiger partial charge in [0.1, 0.15) is 0 Å². The van der Waals surface area contributed by atoms with Gasteiger partial charge in [0, 0.05) is 12.6 Å². The normalized spacial score (nSPS) is 25.3. The molecule has 1 heterocycles. The molecule has 1 saturated heterocycles. The summed E-state index contributed by atoms with van der Waals surface area (Å²) in [5.41, 5.74) is 0.466. The van der Waals surface area contributed by atoms with Crippen molar-refractivity contribution in [3.8, 4) is 0 Å². The van der Waals surface area contributed by atoms with Crippen LogP contribution in [0.25, 0.3) is 0 Å². The van der Waals surface area contributed by atoms with Gasteiger partial charge in [-0.05, 0) is 44.8 Å². The maximum atomic E-state index is 3.67. The van der Waals surface area contributed by atoms with Crippen LogP contribution in [-0.4, -0.2) is 37.6 Å². The molecule has 0 spiro atoms. The van der Waals surface area contributed by atoms with Crippen LogP contribution in [0, 0.1) is 5.41 Å². The van der Waals surface area contributed by atoms with E-state index in [1.54, 1.807) is 0 Å². The zero-order valence-corrected chi connectivity index (χ0v) is 10.3. The highest BCUT2D eigenvalue weighted by atomic mass is 15.1. The van der Waals surface area contributed by atoms with Gasteiger partial charge in [-0.2, -0.15) is 0 Å². The first-order valence-corrected chi connectivity index (χ1v) is 5.89. The maximum absolute atomic E-state index is 3.67. The van der Waals surface area contributed by atoms with E-state index in [0.717, 1.165) is 6.04 Å². The molecule has 0 aromatic carbocycles. The van der Waals surface area contributed by atoms with Crippen molar-refractivity contribution in [2.45, 2.75) is 46.1 Å². The number of nitrogens with zero attached hydrogens (tertiary/aromatic N) is 1. The second-order valence-corrected chi connectivity index (χ2v) is 5.87. The highest BCUT2D eigenvalue weighted by Crippen LogP contribution is 2.17. The second-order valence-electron chi connectivity index (χ2n) is 5.87. The molecule has 1 aliphatic heterocycles. The molecule has 0 aromatic rings. The third-order valence-corrected chi connectivity index (χ3v) is 2.93. The fourth-order valence-electron chi connectivity index (χ4n) is 1.98. The Morgan fingerprint density at radius 1 is 1.36 bits per heavy atom. The highest BCUT2D eigenvalue weighted by Gasteiger charge is 2.17. The van der Waals surface area contributed by atoms with Crippen LogP contribution >= 0.6 is 0 Å². The largest absolute Gasteiger partial charge is 0.313 e. The fraction of sp³-hybridized carbons (Fsp3) is 1.00. The SMILES string of the molecule is CN1CCCC(NCCC(C)(C)C)C1. The van der Waals surface area contributed by atoms with Crippen molar-refractivity contribution >= 4 is 0 Å². The quantitative estimate of drug-likeness (QED) is 0.747. The van der Waals surface area contributed by atoms with Crippen LogP contribution in [-0.2, 0) is 0 Å². The molecule has 2 nitrogen and oxygen atoms in total. The molecule has 2 heteroatoms. The lowest BCUT2D eigenvalue weighted by Gasteiger charge is -2.31. The molecule has 0 aliphatic carbocycles. The Morgan fingerprint density at radius 3 is 2.64 bits per heavy atom. The number of hydrogen-bond acceptors (Lipinski definition) is 2. The van der Waals surface area contributed by atoms with Gasteiger partial charge in [0.05, 0.1) is 0 Å². The van der Waals surface area contributed by atoms with Crippen molar-refractivity contribution in [3.63, 3.8) is 0 Å². The van der Waals surface area contributed by atoms with E-state index in [1.807, 2.05) is 0 Å². The molecule has 1 aliphatic rings. The van der Waals surface area contributed by atoms with E-state index in [0.29, 0.717) is 5.41 Å². The van der Waals surface area contributed by atoms with E-state index in [1.165, 1.54) is 38.9 Å². The Kier molecular flexibility index (Phi) is 4.39. The summed E-state index contributed by atoms with van der Waals surface area (Å²) < 4.78 is 0. The van der Waals surface area contributed by atoms with Gasteiger partial charge in [0.25, 0.3) is 0 Å². The predicted octanol–water partition coefficient (Wildman–Crippen LogP) is 2.11. The molecule has 0 bridgehead atoms. The van der Waals surface area contributed by atoms with Crippen LogP contribution in [0.3, 0.4) is 0 Å². The molecule has 0 saturated carbocycles. The molecule has 0 aromatic heterocycles. The minimum atomic E-state index is 0.466. The fourth-order valence-corrected chi connectivity index (χ4v) is 1.98. The lowest BCUT2D eigenvalue weighted by Crippen LogP contribution is -2.44. The number of likely N-dealkylation sites (tertiary alicyclic amines) is 1. The molecule has 1 rings (SSSR count). The van der Waals surface area contributed by atoms with E-state index in [2.05, 4.69) is 38.0 Å². The Bertz CT molecular complexity index is 160. The van der Waals surface area contributed by atoms with E-state index in [9.17, 15) is 0 Å². The van der Waals surface area contributed by atoms with E-state index < -0.39 is 0 Å². The summed E-state index contributed by atoms with van der Waals surface area (Å²) in [6.07, 6.45) is 3.98. The van der Waals surface area contributed by atoms with Crippen LogP contribution < -0.4 is 5.32 Å². The van der Waals surface area contributed by atoms with Gasteiger partial charge in [0.2, 0.25) is 0 Å². The Balaban J connectivity index is 2.12. The van der Waals surface area contributed by atoms with Crippen molar-refractivity contribution in [2.75, 3.05) is 26.7 Å². The molecular formula is C12H26N2. The van der Waals surface area contributed by atoms with E-state index in [-0.39, 0.29) is 0 Å².